The fourth-order valence-corrected chi connectivity index (χ4v) is 4.89. The number of aliphatic hydroxyl groups excluding tert-OH is 1. The van der Waals surface area contributed by atoms with E-state index in [0.29, 0.717) is 32.4 Å². The van der Waals surface area contributed by atoms with E-state index >= 15 is 0 Å². The van der Waals surface area contributed by atoms with Gasteiger partial charge in [-0.15, -0.1) is 6.58 Å². The number of guanidine groups is 1. The molecule has 2 aromatic heterocycles. The molecule has 10 nitrogen and oxygen atoms in total. The van der Waals surface area contributed by atoms with Crippen molar-refractivity contribution in [1.29, 1.82) is 5.41 Å². The van der Waals surface area contributed by atoms with Crippen LogP contribution in [0.15, 0.2) is 59.6 Å². The van der Waals surface area contributed by atoms with Crippen LogP contribution >= 0.6 is 0 Å². The van der Waals surface area contributed by atoms with Crippen molar-refractivity contribution in [3.63, 3.8) is 0 Å². The predicted octanol–water partition coefficient (Wildman–Crippen LogP) is 4.30. The number of para-hydroxylation sites is 2. The van der Waals surface area contributed by atoms with Gasteiger partial charge in [-0.25, -0.2) is 4.98 Å². The number of nitrogens with zero attached hydrogens (tertiary/aromatic N) is 5. The van der Waals surface area contributed by atoms with Crippen LogP contribution in [0.1, 0.15) is 36.2 Å². The summed E-state index contributed by atoms with van der Waals surface area (Å²) in [6, 6.07) is 10.4. The number of rotatable bonds is 9. The van der Waals surface area contributed by atoms with Crippen LogP contribution in [0.2, 0.25) is 0 Å². The third-order valence-electron chi connectivity index (χ3n) is 6.76. The van der Waals surface area contributed by atoms with E-state index in [4.69, 9.17) is 20.4 Å². The van der Waals surface area contributed by atoms with Crippen molar-refractivity contribution in [2.24, 2.45) is 5.73 Å². The number of benzene rings is 2. The van der Waals surface area contributed by atoms with Crippen molar-refractivity contribution in [2.45, 2.75) is 44.1 Å². The number of nitrogens with one attached hydrogen (secondary N) is 1. The molecule has 0 spiro atoms. The Labute approximate surface area is 227 Å². The Hall–Kier alpha value is -4.39. The average molecular weight is 556 g/mol. The molecule has 0 amide bonds. The maximum atomic E-state index is 14.0. The van der Waals surface area contributed by atoms with Crippen LogP contribution in [0.4, 0.5) is 13.2 Å². The van der Waals surface area contributed by atoms with E-state index in [9.17, 15) is 18.3 Å². The molecule has 4 aromatic rings. The molecule has 3 heterocycles. The summed E-state index contributed by atoms with van der Waals surface area (Å²) in [5, 5.41) is 21.8. The van der Waals surface area contributed by atoms with E-state index in [1.165, 1.54) is 17.0 Å². The van der Waals surface area contributed by atoms with Gasteiger partial charge in [0, 0.05) is 25.1 Å². The number of allylic oxidation sites excluding steroid dienone is 1. The molecule has 1 aliphatic heterocycles. The third kappa shape index (κ3) is 5.37. The first kappa shape index (κ1) is 27.2. The van der Waals surface area contributed by atoms with Gasteiger partial charge in [-0.05, 0) is 43.2 Å². The van der Waals surface area contributed by atoms with E-state index < -0.39 is 23.9 Å². The molecule has 1 saturated heterocycles. The molecule has 1 fully saturated rings. The van der Waals surface area contributed by atoms with Gasteiger partial charge in [0.05, 0.1) is 29.3 Å². The SMILES string of the molecule is C=CCn1c(CCCOc2ccc(-c3noc([C@@H]4[C@@H](O)CCN4C(=N)N)n3)cc2C(F)(F)F)nc2ccccc21. The Bertz CT molecular complexity index is 1530. The normalized spacial score (nSPS) is 17.4. The van der Waals surface area contributed by atoms with E-state index in [0.717, 1.165) is 22.9 Å². The first-order chi connectivity index (χ1) is 19.2. The third-order valence-corrected chi connectivity index (χ3v) is 6.76. The van der Waals surface area contributed by atoms with E-state index in [1.54, 1.807) is 6.08 Å². The molecule has 0 unspecified atom stereocenters. The smallest absolute Gasteiger partial charge is 0.419 e. The minimum Gasteiger partial charge on any atom is -0.493 e. The highest BCUT2D eigenvalue weighted by Gasteiger charge is 2.39. The monoisotopic (exact) mass is 555 g/mol. The molecule has 4 N–H and O–H groups in total. The second kappa shape index (κ2) is 11.0. The van der Waals surface area contributed by atoms with Gasteiger partial charge in [-0.1, -0.05) is 23.4 Å². The number of ether oxygens (including phenoxy) is 1. The first-order valence-corrected chi connectivity index (χ1v) is 12.7. The number of hydrogen-bond acceptors (Lipinski definition) is 7. The molecule has 13 heteroatoms. The molecular weight excluding hydrogens is 527 g/mol. The Balaban J connectivity index is 1.31. The summed E-state index contributed by atoms with van der Waals surface area (Å²) in [7, 11) is 0. The van der Waals surface area contributed by atoms with Crippen molar-refractivity contribution < 1.29 is 27.5 Å². The van der Waals surface area contributed by atoms with Crippen LogP contribution in [0.3, 0.4) is 0 Å². The predicted molar refractivity (Wildman–Crippen MR) is 140 cm³/mol. The number of imidazole rings is 1. The Morgan fingerprint density at radius 1 is 1.25 bits per heavy atom. The number of nitrogens with two attached hydrogens (primary N) is 1. The molecule has 0 saturated carbocycles. The van der Waals surface area contributed by atoms with Crippen molar-refractivity contribution in [2.75, 3.05) is 13.2 Å². The summed E-state index contributed by atoms with van der Waals surface area (Å²) in [5.41, 5.74) is 6.48. The van der Waals surface area contributed by atoms with Crippen LogP contribution in [-0.4, -0.2) is 54.9 Å². The lowest BCUT2D eigenvalue weighted by molar-refractivity contribution is -0.138. The molecule has 0 bridgehead atoms. The average Bonchev–Trinajstić information content (AvgIpc) is 3.64. The topological polar surface area (TPSA) is 139 Å². The molecule has 210 valence electrons. The van der Waals surface area contributed by atoms with Gasteiger partial charge in [-0.3, -0.25) is 5.41 Å². The van der Waals surface area contributed by atoms with Crippen LogP contribution in [0.25, 0.3) is 22.4 Å². The van der Waals surface area contributed by atoms with Crippen LogP contribution < -0.4 is 10.5 Å². The van der Waals surface area contributed by atoms with Crippen molar-refractivity contribution >= 4 is 17.0 Å². The molecule has 0 aliphatic carbocycles. The van der Waals surface area contributed by atoms with Gasteiger partial charge >= 0.3 is 6.18 Å². The standard InChI is InChI=1S/C27H28F3N7O3/c1-2-12-36-19-7-4-3-6-18(19)33-22(36)8-5-14-39-21-10-9-16(15-17(21)27(28,29)30)24-34-25(40-35-24)23-20(38)11-13-37(23)26(31)32/h2-4,6-7,9-10,15,20,23,38H,1,5,8,11-14H2,(H3,31,32)/t20-,23-/m0/s1. The van der Waals surface area contributed by atoms with Gasteiger partial charge in [0.2, 0.25) is 5.82 Å². The molecule has 2 atom stereocenters. The van der Waals surface area contributed by atoms with Crippen molar-refractivity contribution in [3.8, 4) is 17.1 Å². The number of alkyl halides is 3. The largest absolute Gasteiger partial charge is 0.493 e. The number of likely N-dealkylation sites (tertiary alicyclic amines) is 1. The number of hydrogen-bond donors (Lipinski definition) is 3. The second-order valence-corrected chi connectivity index (χ2v) is 9.41. The fraction of sp³-hybridized carbons (Fsp3) is 0.333. The molecule has 2 aromatic carbocycles. The lowest BCUT2D eigenvalue weighted by Gasteiger charge is -2.22. The minimum absolute atomic E-state index is 0.0356. The van der Waals surface area contributed by atoms with Crippen LogP contribution in [0.5, 0.6) is 5.75 Å². The Kier molecular flexibility index (Phi) is 7.48. The molecule has 40 heavy (non-hydrogen) atoms. The zero-order valence-electron chi connectivity index (χ0n) is 21.4. The fourth-order valence-electron chi connectivity index (χ4n) is 4.89. The van der Waals surface area contributed by atoms with E-state index in [1.807, 2.05) is 28.8 Å². The molecule has 1 aliphatic rings. The van der Waals surface area contributed by atoms with Gasteiger partial charge in [0.25, 0.3) is 5.89 Å². The first-order valence-electron chi connectivity index (χ1n) is 12.7. The summed E-state index contributed by atoms with van der Waals surface area (Å²) < 4.78 is 54.8. The number of aryl methyl sites for hydroxylation is 1. The van der Waals surface area contributed by atoms with Crippen LogP contribution in [-0.2, 0) is 19.1 Å². The van der Waals surface area contributed by atoms with E-state index in [2.05, 4.69) is 21.7 Å². The van der Waals surface area contributed by atoms with Crippen molar-refractivity contribution in [1.82, 2.24) is 24.6 Å². The number of fused-ring (bicyclic) bond motifs is 1. The zero-order valence-corrected chi connectivity index (χ0v) is 21.4. The highest BCUT2D eigenvalue weighted by Crippen LogP contribution is 2.39. The highest BCUT2D eigenvalue weighted by atomic mass is 19.4. The molecule has 5 rings (SSSR count). The van der Waals surface area contributed by atoms with Gasteiger partial charge < -0.3 is 29.6 Å². The second-order valence-electron chi connectivity index (χ2n) is 9.41. The van der Waals surface area contributed by atoms with Crippen LogP contribution in [0, 0.1) is 5.41 Å². The quantitative estimate of drug-likeness (QED) is 0.120. The van der Waals surface area contributed by atoms with Gasteiger partial charge in [-0.2, -0.15) is 18.2 Å². The molecular formula is C27H28F3N7O3. The maximum absolute atomic E-state index is 14.0. The Morgan fingerprint density at radius 3 is 2.80 bits per heavy atom. The summed E-state index contributed by atoms with van der Waals surface area (Å²) in [6.45, 7) is 4.73. The number of aliphatic hydroxyl groups is 1. The number of halogens is 3. The highest BCUT2D eigenvalue weighted by molar-refractivity contribution is 5.76. The Morgan fingerprint density at radius 2 is 2.05 bits per heavy atom. The summed E-state index contributed by atoms with van der Waals surface area (Å²) in [6.07, 6.45) is -2.54. The lowest BCUT2D eigenvalue weighted by atomic mass is 10.1. The zero-order chi connectivity index (χ0) is 28.4. The summed E-state index contributed by atoms with van der Waals surface area (Å²) in [5.74, 6) is 0.0932. The molecule has 0 radical (unpaired) electrons. The van der Waals surface area contributed by atoms with E-state index in [-0.39, 0.29) is 35.6 Å². The minimum atomic E-state index is -4.69. The van der Waals surface area contributed by atoms with Gasteiger partial charge in [0.15, 0.2) is 5.96 Å². The summed E-state index contributed by atoms with van der Waals surface area (Å²) in [4.78, 5) is 10.2. The van der Waals surface area contributed by atoms with Crippen molar-refractivity contribution in [3.05, 3.63) is 72.4 Å². The maximum Gasteiger partial charge on any atom is 0.419 e. The summed E-state index contributed by atoms with van der Waals surface area (Å²) >= 11 is 0. The number of aromatic nitrogens is 4. The lowest BCUT2D eigenvalue weighted by Crippen LogP contribution is -2.37. The van der Waals surface area contributed by atoms with Gasteiger partial charge in [0.1, 0.15) is 17.6 Å².